The smallest absolute Gasteiger partial charge is 0.293 e. The second kappa shape index (κ2) is 7.55. The van der Waals surface area contributed by atoms with Gasteiger partial charge < -0.3 is 4.42 Å². The zero-order valence-corrected chi connectivity index (χ0v) is 15.8. The van der Waals surface area contributed by atoms with Crippen molar-refractivity contribution in [2.24, 2.45) is 0 Å². The van der Waals surface area contributed by atoms with Crippen LogP contribution in [0.2, 0.25) is 5.02 Å². The molecule has 0 aliphatic heterocycles. The van der Waals surface area contributed by atoms with Crippen molar-refractivity contribution in [2.75, 3.05) is 11.1 Å². The predicted octanol–water partition coefficient (Wildman–Crippen LogP) is 4.36. The fraction of sp³-hybridized carbons (Fsp3) is 0.250. The number of aromatic nitrogens is 2. The van der Waals surface area contributed by atoms with Crippen LogP contribution in [0.5, 0.6) is 0 Å². The maximum atomic E-state index is 12.3. The van der Waals surface area contributed by atoms with Gasteiger partial charge in [0.1, 0.15) is 5.58 Å². The Hall–Kier alpha value is -1.90. The average Bonchev–Trinajstić information content (AvgIpc) is 3.02. The highest BCUT2D eigenvalue weighted by Gasteiger charge is 2.16. The molecule has 0 aliphatic rings. The monoisotopic (exact) mass is 395 g/mol. The van der Waals surface area contributed by atoms with Gasteiger partial charge in [0.15, 0.2) is 15.5 Å². The number of amides is 1. The molecule has 1 aromatic carbocycles. The largest absolute Gasteiger partial charge is 0.451 e. The van der Waals surface area contributed by atoms with Crippen LogP contribution in [0.1, 0.15) is 29.5 Å². The van der Waals surface area contributed by atoms with E-state index >= 15 is 0 Å². The summed E-state index contributed by atoms with van der Waals surface area (Å²) in [5, 5.41) is 11.7. The second-order valence-electron chi connectivity index (χ2n) is 5.25. The average molecular weight is 396 g/mol. The fourth-order valence-electron chi connectivity index (χ4n) is 2.06. The second-order valence-corrected chi connectivity index (χ2v) is 7.97. The van der Waals surface area contributed by atoms with Crippen LogP contribution < -0.4 is 10.7 Å². The minimum absolute atomic E-state index is 0.0859. The molecule has 0 saturated carbocycles. The van der Waals surface area contributed by atoms with Crippen LogP contribution in [-0.2, 0) is 0 Å². The van der Waals surface area contributed by atoms with Crippen molar-refractivity contribution in [3.05, 3.63) is 44.8 Å². The number of thioether (sulfide) groups is 1. The molecule has 0 atom stereocenters. The lowest BCUT2D eigenvalue weighted by atomic mass is 10.1. The standard InChI is InChI=1S/C16H14ClN3O3S2/c1-3-4-24-16-20-19-15(25-16)18-14(22)13-7-11(21)9-6-10(17)8(2)5-12(9)23-13/h5-7H,3-4H2,1-2H3,(H,18,19,22). The van der Waals surface area contributed by atoms with Crippen molar-refractivity contribution in [2.45, 2.75) is 24.6 Å². The molecule has 0 fully saturated rings. The van der Waals surface area contributed by atoms with E-state index in [4.69, 9.17) is 16.0 Å². The van der Waals surface area contributed by atoms with Crippen LogP contribution in [0.3, 0.4) is 0 Å². The number of halogens is 1. The highest BCUT2D eigenvalue weighted by molar-refractivity contribution is 8.01. The molecule has 9 heteroatoms. The zero-order chi connectivity index (χ0) is 18.0. The lowest BCUT2D eigenvalue weighted by molar-refractivity contribution is 0.0997. The quantitative estimate of drug-likeness (QED) is 0.510. The van der Waals surface area contributed by atoms with E-state index in [1.807, 2.05) is 0 Å². The summed E-state index contributed by atoms with van der Waals surface area (Å²) in [6.07, 6.45) is 1.03. The molecular weight excluding hydrogens is 382 g/mol. The Balaban J connectivity index is 1.86. The molecule has 0 bridgehead atoms. The van der Waals surface area contributed by atoms with Crippen molar-refractivity contribution < 1.29 is 9.21 Å². The van der Waals surface area contributed by atoms with E-state index in [1.165, 1.54) is 11.3 Å². The van der Waals surface area contributed by atoms with Gasteiger partial charge in [0.25, 0.3) is 5.91 Å². The van der Waals surface area contributed by atoms with Gasteiger partial charge in [0.05, 0.1) is 5.39 Å². The molecule has 0 aliphatic carbocycles. The number of hydrogen-bond acceptors (Lipinski definition) is 7. The topological polar surface area (TPSA) is 85.1 Å². The first kappa shape index (κ1) is 17.9. The molecule has 0 unspecified atom stereocenters. The summed E-state index contributed by atoms with van der Waals surface area (Å²) in [4.78, 5) is 24.6. The van der Waals surface area contributed by atoms with Crippen molar-refractivity contribution in [1.29, 1.82) is 0 Å². The van der Waals surface area contributed by atoms with Crippen molar-refractivity contribution in [3.8, 4) is 0 Å². The zero-order valence-electron chi connectivity index (χ0n) is 13.5. The Morgan fingerprint density at radius 3 is 2.92 bits per heavy atom. The Morgan fingerprint density at radius 1 is 1.36 bits per heavy atom. The number of aryl methyl sites for hydroxylation is 1. The molecule has 2 aromatic heterocycles. The lowest BCUT2D eigenvalue weighted by Gasteiger charge is -2.04. The summed E-state index contributed by atoms with van der Waals surface area (Å²) < 4.78 is 6.34. The van der Waals surface area contributed by atoms with E-state index in [-0.39, 0.29) is 11.2 Å². The van der Waals surface area contributed by atoms with Crippen LogP contribution >= 0.6 is 34.7 Å². The number of benzene rings is 1. The summed E-state index contributed by atoms with van der Waals surface area (Å²) >= 11 is 8.89. The third-order valence-electron chi connectivity index (χ3n) is 3.29. The minimum Gasteiger partial charge on any atom is -0.451 e. The number of nitrogens with one attached hydrogen (secondary N) is 1. The first-order valence-electron chi connectivity index (χ1n) is 7.49. The molecule has 0 saturated heterocycles. The van der Waals surface area contributed by atoms with Crippen molar-refractivity contribution in [1.82, 2.24) is 10.2 Å². The number of carbonyl (C=O) groups excluding carboxylic acids is 1. The van der Waals surface area contributed by atoms with Gasteiger partial charge in [-0.05, 0) is 31.0 Å². The van der Waals surface area contributed by atoms with E-state index in [1.54, 1.807) is 30.8 Å². The molecule has 25 heavy (non-hydrogen) atoms. The third kappa shape index (κ3) is 4.02. The van der Waals surface area contributed by atoms with Gasteiger partial charge >= 0.3 is 0 Å². The maximum absolute atomic E-state index is 12.3. The highest BCUT2D eigenvalue weighted by atomic mass is 35.5. The van der Waals surface area contributed by atoms with E-state index in [0.29, 0.717) is 21.1 Å². The van der Waals surface area contributed by atoms with E-state index in [2.05, 4.69) is 22.4 Å². The molecule has 2 heterocycles. The lowest BCUT2D eigenvalue weighted by Crippen LogP contribution is -2.15. The number of carbonyl (C=O) groups is 1. The van der Waals surface area contributed by atoms with Crippen LogP contribution in [-0.4, -0.2) is 21.9 Å². The molecule has 1 amide bonds. The number of fused-ring (bicyclic) bond motifs is 1. The molecule has 6 nitrogen and oxygen atoms in total. The maximum Gasteiger partial charge on any atom is 0.293 e. The SMILES string of the molecule is CCCSc1nnc(NC(=O)c2cc(=O)c3cc(Cl)c(C)cc3o2)s1. The Kier molecular flexibility index (Phi) is 5.41. The minimum atomic E-state index is -0.546. The van der Waals surface area contributed by atoms with Gasteiger partial charge in [-0.25, -0.2) is 0 Å². The summed E-state index contributed by atoms with van der Waals surface area (Å²) in [5.41, 5.74) is 0.748. The van der Waals surface area contributed by atoms with E-state index < -0.39 is 5.91 Å². The third-order valence-corrected chi connectivity index (χ3v) is 5.87. The Labute approximate surface area is 156 Å². The normalized spacial score (nSPS) is 11.0. The Morgan fingerprint density at radius 2 is 2.16 bits per heavy atom. The van der Waals surface area contributed by atoms with Gasteiger partial charge in [0.2, 0.25) is 5.13 Å². The van der Waals surface area contributed by atoms with Crippen LogP contribution in [0.4, 0.5) is 5.13 Å². The van der Waals surface area contributed by atoms with Gasteiger partial charge in [0, 0.05) is 16.8 Å². The molecule has 1 N–H and O–H groups in total. The summed E-state index contributed by atoms with van der Waals surface area (Å²) in [5.74, 6) is 0.302. The predicted molar refractivity (Wildman–Crippen MR) is 101 cm³/mol. The first-order valence-corrected chi connectivity index (χ1v) is 9.67. The van der Waals surface area contributed by atoms with Gasteiger partial charge in [-0.3, -0.25) is 14.9 Å². The fourth-order valence-corrected chi connectivity index (χ4v) is 3.89. The Bertz CT molecular complexity index is 1000. The van der Waals surface area contributed by atoms with Crippen LogP contribution in [0.15, 0.2) is 31.8 Å². The van der Waals surface area contributed by atoms with Crippen molar-refractivity contribution in [3.63, 3.8) is 0 Å². The van der Waals surface area contributed by atoms with Gasteiger partial charge in [-0.15, -0.1) is 10.2 Å². The van der Waals surface area contributed by atoms with Crippen molar-refractivity contribution >= 4 is 56.7 Å². The number of nitrogens with zero attached hydrogens (tertiary/aromatic N) is 2. The van der Waals surface area contributed by atoms with E-state index in [0.717, 1.165) is 28.1 Å². The molecule has 3 rings (SSSR count). The van der Waals surface area contributed by atoms with Crippen LogP contribution in [0, 0.1) is 6.92 Å². The highest BCUT2D eigenvalue weighted by Crippen LogP contribution is 2.26. The summed E-state index contributed by atoms with van der Waals surface area (Å²) in [6, 6.07) is 4.33. The molecule has 0 spiro atoms. The number of anilines is 1. The number of hydrogen-bond donors (Lipinski definition) is 1. The molecule has 0 radical (unpaired) electrons. The molecule has 3 aromatic rings. The molecule has 130 valence electrons. The first-order chi connectivity index (χ1) is 12.0. The summed E-state index contributed by atoms with van der Waals surface area (Å²) in [7, 11) is 0. The van der Waals surface area contributed by atoms with Crippen LogP contribution in [0.25, 0.3) is 11.0 Å². The summed E-state index contributed by atoms with van der Waals surface area (Å²) in [6.45, 7) is 3.87. The van der Waals surface area contributed by atoms with Gasteiger partial charge in [-0.2, -0.15) is 0 Å². The molecular formula is C16H14ClN3O3S2. The van der Waals surface area contributed by atoms with E-state index in [9.17, 15) is 9.59 Å². The van der Waals surface area contributed by atoms with Gasteiger partial charge in [-0.1, -0.05) is 41.6 Å². The number of rotatable bonds is 5.